The van der Waals surface area contributed by atoms with Crippen LogP contribution in [0.25, 0.3) is 0 Å². The fraction of sp³-hybridized carbons (Fsp3) is 0.714. The van der Waals surface area contributed by atoms with Gasteiger partial charge in [-0.15, -0.1) is 0 Å². The van der Waals surface area contributed by atoms with E-state index >= 15 is 0 Å². The molecule has 18 heavy (non-hydrogen) atoms. The Morgan fingerprint density at radius 2 is 2.22 bits per heavy atom. The highest BCUT2D eigenvalue weighted by Gasteiger charge is 2.21. The van der Waals surface area contributed by atoms with E-state index in [1.165, 1.54) is 12.8 Å². The van der Waals surface area contributed by atoms with Crippen LogP contribution in [0, 0.1) is 5.92 Å². The van der Waals surface area contributed by atoms with Crippen molar-refractivity contribution in [3.05, 3.63) is 23.8 Å². The average Bonchev–Trinajstić information content (AvgIpc) is 3.17. The molecular weight excluding hydrogens is 226 g/mol. The van der Waals surface area contributed by atoms with E-state index in [1.54, 1.807) is 0 Å². The Morgan fingerprint density at radius 3 is 2.83 bits per heavy atom. The molecule has 100 valence electrons. The second kappa shape index (κ2) is 6.25. The first-order valence-electron chi connectivity index (χ1n) is 6.87. The minimum absolute atomic E-state index is 0.00382. The van der Waals surface area contributed by atoms with Crippen molar-refractivity contribution in [2.45, 2.75) is 52.3 Å². The molecule has 0 bridgehead atoms. The topological polar surface area (TPSA) is 47.0 Å². The molecule has 1 heterocycles. The number of hydrogen-bond donors (Lipinski definition) is 1. The molecule has 1 aromatic rings. The van der Waals surface area contributed by atoms with Crippen LogP contribution in [0.4, 0.5) is 0 Å². The molecule has 2 rings (SSSR count). The molecular formula is C14H23N3O. The summed E-state index contributed by atoms with van der Waals surface area (Å²) in [5, 5.41) is 3.47. The van der Waals surface area contributed by atoms with Gasteiger partial charge in [-0.2, -0.15) is 0 Å². The van der Waals surface area contributed by atoms with Crippen molar-refractivity contribution in [2.24, 2.45) is 5.92 Å². The molecule has 1 N–H and O–H groups in total. The second-order valence-corrected chi connectivity index (χ2v) is 5.18. The van der Waals surface area contributed by atoms with Gasteiger partial charge in [-0.3, -0.25) is 0 Å². The summed E-state index contributed by atoms with van der Waals surface area (Å²) in [4.78, 5) is 8.97. The molecule has 1 unspecified atom stereocenters. The molecule has 0 radical (unpaired) electrons. The molecule has 0 spiro atoms. The highest BCUT2D eigenvalue weighted by molar-refractivity contribution is 5.05. The van der Waals surface area contributed by atoms with Crippen LogP contribution in [0.15, 0.2) is 12.3 Å². The first-order valence-corrected chi connectivity index (χ1v) is 6.87. The Morgan fingerprint density at radius 1 is 1.44 bits per heavy atom. The highest BCUT2D eigenvalue weighted by Crippen LogP contribution is 2.23. The van der Waals surface area contributed by atoms with E-state index in [1.807, 2.05) is 19.2 Å². The summed E-state index contributed by atoms with van der Waals surface area (Å²) in [5.41, 5.74) is 1.05. The van der Waals surface area contributed by atoms with Gasteiger partial charge in [0.1, 0.15) is 6.10 Å². The van der Waals surface area contributed by atoms with Crippen LogP contribution in [0.2, 0.25) is 0 Å². The van der Waals surface area contributed by atoms with Crippen LogP contribution in [-0.4, -0.2) is 22.6 Å². The van der Waals surface area contributed by atoms with Crippen molar-refractivity contribution in [1.82, 2.24) is 15.3 Å². The number of nitrogens with one attached hydrogen (secondary N) is 1. The van der Waals surface area contributed by atoms with Gasteiger partial charge in [0.25, 0.3) is 0 Å². The van der Waals surface area contributed by atoms with E-state index in [4.69, 9.17) is 4.74 Å². The lowest BCUT2D eigenvalue weighted by molar-refractivity contribution is 0.0230. The molecule has 1 aliphatic rings. The van der Waals surface area contributed by atoms with Gasteiger partial charge in [0.15, 0.2) is 5.82 Å². The Bertz CT molecular complexity index is 377. The summed E-state index contributed by atoms with van der Waals surface area (Å²) >= 11 is 0. The monoisotopic (exact) mass is 249 g/mol. The summed E-state index contributed by atoms with van der Waals surface area (Å²) < 4.78 is 5.74. The molecule has 1 saturated carbocycles. The molecule has 0 aromatic carbocycles. The largest absolute Gasteiger partial charge is 0.370 e. The molecule has 1 aromatic heterocycles. The zero-order chi connectivity index (χ0) is 13.0. The van der Waals surface area contributed by atoms with Crippen LogP contribution < -0.4 is 5.32 Å². The molecule has 1 fully saturated rings. The predicted octanol–water partition coefficient (Wildman–Crippen LogP) is 2.46. The van der Waals surface area contributed by atoms with Crippen molar-refractivity contribution in [1.29, 1.82) is 0 Å². The zero-order valence-electron chi connectivity index (χ0n) is 11.5. The molecule has 1 aliphatic carbocycles. The van der Waals surface area contributed by atoms with E-state index in [-0.39, 0.29) is 6.10 Å². The van der Waals surface area contributed by atoms with Gasteiger partial charge in [0.05, 0.1) is 5.69 Å². The standard InChI is InChI=1S/C14H23N3O/c1-4-18-13(10(2)3)14-15-8-7-12(17-14)9-16-11-5-6-11/h7-8,10-11,13,16H,4-6,9H2,1-3H3. The summed E-state index contributed by atoms with van der Waals surface area (Å²) in [6.07, 6.45) is 4.42. The Kier molecular flexibility index (Phi) is 4.66. The van der Waals surface area contributed by atoms with Crippen molar-refractivity contribution in [3.63, 3.8) is 0 Å². The summed E-state index contributed by atoms with van der Waals surface area (Å²) in [6.45, 7) is 7.80. The van der Waals surface area contributed by atoms with E-state index < -0.39 is 0 Å². The van der Waals surface area contributed by atoms with Crippen LogP contribution in [0.3, 0.4) is 0 Å². The van der Waals surface area contributed by atoms with Crippen LogP contribution in [-0.2, 0) is 11.3 Å². The second-order valence-electron chi connectivity index (χ2n) is 5.18. The first-order chi connectivity index (χ1) is 8.70. The molecule has 4 heteroatoms. The Labute approximate surface area is 109 Å². The van der Waals surface area contributed by atoms with E-state index in [0.717, 1.165) is 18.1 Å². The number of nitrogens with zero attached hydrogens (tertiary/aromatic N) is 2. The minimum Gasteiger partial charge on any atom is -0.370 e. The maximum atomic E-state index is 5.74. The summed E-state index contributed by atoms with van der Waals surface area (Å²) in [7, 11) is 0. The van der Waals surface area contributed by atoms with Crippen molar-refractivity contribution < 1.29 is 4.74 Å². The molecule has 1 atom stereocenters. The van der Waals surface area contributed by atoms with Gasteiger partial charge in [0, 0.05) is 25.4 Å². The van der Waals surface area contributed by atoms with Gasteiger partial charge in [-0.05, 0) is 31.7 Å². The van der Waals surface area contributed by atoms with Gasteiger partial charge in [0.2, 0.25) is 0 Å². The predicted molar refractivity (Wildman–Crippen MR) is 71.1 cm³/mol. The number of aromatic nitrogens is 2. The van der Waals surface area contributed by atoms with Crippen molar-refractivity contribution in [3.8, 4) is 0 Å². The number of hydrogen-bond acceptors (Lipinski definition) is 4. The van der Waals surface area contributed by atoms with E-state index in [9.17, 15) is 0 Å². The molecule has 4 nitrogen and oxygen atoms in total. The third kappa shape index (κ3) is 3.75. The third-order valence-electron chi connectivity index (χ3n) is 3.09. The lowest BCUT2D eigenvalue weighted by Gasteiger charge is -2.19. The van der Waals surface area contributed by atoms with Gasteiger partial charge in [-0.25, -0.2) is 9.97 Å². The summed E-state index contributed by atoms with van der Waals surface area (Å²) in [6, 6.07) is 2.68. The number of ether oxygens (including phenoxy) is 1. The van der Waals surface area contributed by atoms with E-state index in [0.29, 0.717) is 18.6 Å². The maximum absolute atomic E-state index is 5.74. The first kappa shape index (κ1) is 13.4. The maximum Gasteiger partial charge on any atom is 0.157 e. The van der Waals surface area contributed by atoms with Crippen molar-refractivity contribution in [2.75, 3.05) is 6.61 Å². The van der Waals surface area contributed by atoms with Crippen molar-refractivity contribution >= 4 is 0 Å². The lowest BCUT2D eigenvalue weighted by Crippen LogP contribution is -2.19. The Balaban J connectivity index is 2.03. The van der Waals surface area contributed by atoms with Gasteiger partial charge >= 0.3 is 0 Å². The van der Waals surface area contributed by atoms with Crippen LogP contribution in [0.5, 0.6) is 0 Å². The molecule has 0 aliphatic heterocycles. The van der Waals surface area contributed by atoms with Crippen LogP contribution >= 0.6 is 0 Å². The Hall–Kier alpha value is -1.00. The molecule has 0 saturated heterocycles. The van der Waals surface area contributed by atoms with Gasteiger partial charge in [-0.1, -0.05) is 13.8 Å². The SMILES string of the molecule is CCOC(c1nccc(CNC2CC2)n1)C(C)C. The summed E-state index contributed by atoms with van der Waals surface area (Å²) in [5.74, 6) is 1.19. The average molecular weight is 249 g/mol. The normalized spacial score (nSPS) is 17.1. The molecule has 0 amide bonds. The fourth-order valence-electron chi connectivity index (χ4n) is 1.93. The third-order valence-corrected chi connectivity index (χ3v) is 3.09. The van der Waals surface area contributed by atoms with E-state index in [2.05, 4.69) is 29.1 Å². The lowest BCUT2D eigenvalue weighted by atomic mass is 10.1. The van der Waals surface area contributed by atoms with Crippen LogP contribution in [0.1, 0.15) is 51.2 Å². The van der Waals surface area contributed by atoms with Gasteiger partial charge < -0.3 is 10.1 Å². The highest BCUT2D eigenvalue weighted by atomic mass is 16.5. The zero-order valence-corrected chi connectivity index (χ0v) is 11.5. The smallest absolute Gasteiger partial charge is 0.157 e. The minimum atomic E-state index is -0.00382. The quantitative estimate of drug-likeness (QED) is 0.806. The fourth-order valence-corrected chi connectivity index (χ4v) is 1.93. The number of rotatable bonds is 7.